The van der Waals surface area contributed by atoms with E-state index in [-0.39, 0.29) is 6.04 Å². The van der Waals surface area contributed by atoms with Gasteiger partial charge in [0.15, 0.2) is 0 Å². The van der Waals surface area contributed by atoms with Gasteiger partial charge in [-0.2, -0.15) is 5.26 Å². The number of hydrogen-bond acceptors (Lipinski definition) is 3. The van der Waals surface area contributed by atoms with Crippen molar-refractivity contribution < 1.29 is 0 Å². The Morgan fingerprint density at radius 2 is 1.78 bits per heavy atom. The van der Waals surface area contributed by atoms with Gasteiger partial charge in [-0.1, -0.05) is 34.6 Å². The zero-order valence-corrected chi connectivity index (χ0v) is 12.9. The maximum atomic E-state index is 9.07. The third-order valence-corrected chi connectivity index (χ3v) is 3.37. The Kier molecular flexibility index (Phi) is 10.0. The summed E-state index contributed by atoms with van der Waals surface area (Å²) in [5.41, 5.74) is 0. The molecular weight excluding hydrogens is 222 g/mol. The predicted molar refractivity (Wildman–Crippen MR) is 78.5 cm³/mol. The predicted octanol–water partition coefficient (Wildman–Crippen LogP) is 3.02. The summed E-state index contributed by atoms with van der Waals surface area (Å²) in [6, 6.07) is 3.01. The highest BCUT2D eigenvalue weighted by molar-refractivity contribution is 4.90. The average molecular weight is 253 g/mol. The molecule has 0 saturated heterocycles. The van der Waals surface area contributed by atoms with Gasteiger partial charge in [0.05, 0.1) is 12.1 Å². The van der Waals surface area contributed by atoms with Crippen molar-refractivity contribution in [3.05, 3.63) is 0 Å². The first kappa shape index (κ1) is 17.4. The molecule has 0 saturated carbocycles. The van der Waals surface area contributed by atoms with E-state index in [4.69, 9.17) is 5.26 Å². The molecule has 0 aromatic rings. The lowest BCUT2D eigenvalue weighted by molar-refractivity contribution is 0.161. The monoisotopic (exact) mass is 253 g/mol. The van der Waals surface area contributed by atoms with Crippen LogP contribution < -0.4 is 5.32 Å². The molecule has 0 aliphatic heterocycles. The van der Waals surface area contributed by atoms with E-state index in [1.807, 2.05) is 0 Å². The van der Waals surface area contributed by atoms with Gasteiger partial charge in [0.1, 0.15) is 0 Å². The largest absolute Gasteiger partial charge is 0.302 e. The summed E-state index contributed by atoms with van der Waals surface area (Å²) in [6.45, 7) is 14.1. The lowest BCUT2D eigenvalue weighted by Crippen LogP contribution is -2.40. The van der Waals surface area contributed by atoms with Crippen LogP contribution in [0, 0.1) is 17.2 Å². The van der Waals surface area contributed by atoms with Gasteiger partial charge in [0, 0.05) is 19.1 Å². The van der Waals surface area contributed by atoms with Crippen LogP contribution in [0.1, 0.15) is 53.9 Å². The first-order chi connectivity index (χ1) is 8.58. The fraction of sp³-hybridized carbons (Fsp3) is 0.933. The zero-order chi connectivity index (χ0) is 14.0. The van der Waals surface area contributed by atoms with Crippen molar-refractivity contribution in [1.82, 2.24) is 10.2 Å². The molecule has 0 spiro atoms. The fourth-order valence-electron chi connectivity index (χ4n) is 2.45. The summed E-state index contributed by atoms with van der Waals surface area (Å²) in [5.74, 6) is 0.685. The van der Waals surface area contributed by atoms with E-state index in [1.165, 1.54) is 12.8 Å². The van der Waals surface area contributed by atoms with Gasteiger partial charge in [0.2, 0.25) is 0 Å². The van der Waals surface area contributed by atoms with Crippen molar-refractivity contribution in [2.75, 3.05) is 19.6 Å². The summed E-state index contributed by atoms with van der Waals surface area (Å²) in [5, 5.41) is 12.3. The number of rotatable bonds is 10. The van der Waals surface area contributed by atoms with Crippen LogP contribution in [0.25, 0.3) is 0 Å². The number of nitriles is 1. The molecule has 0 aliphatic carbocycles. The number of hydrogen-bond donors (Lipinski definition) is 1. The van der Waals surface area contributed by atoms with Gasteiger partial charge in [0.25, 0.3) is 0 Å². The first-order valence-corrected chi connectivity index (χ1v) is 7.45. The molecule has 0 aliphatic rings. The van der Waals surface area contributed by atoms with Crippen molar-refractivity contribution in [2.45, 2.75) is 66.0 Å². The topological polar surface area (TPSA) is 39.1 Å². The smallest absolute Gasteiger partial charge is 0.0965 e. The maximum absolute atomic E-state index is 9.07. The second-order valence-electron chi connectivity index (χ2n) is 5.39. The van der Waals surface area contributed by atoms with Crippen LogP contribution in [-0.2, 0) is 0 Å². The van der Waals surface area contributed by atoms with E-state index >= 15 is 0 Å². The third kappa shape index (κ3) is 6.98. The molecule has 0 heterocycles. The Labute approximate surface area is 114 Å². The minimum absolute atomic E-state index is 0.000903. The van der Waals surface area contributed by atoms with Crippen LogP contribution in [0.3, 0.4) is 0 Å². The van der Waals surface area contributed by atoms with E-state index in [1.54, 1.807) is 0 Å². The van der Waals surface area contributed by atoms with Crippen LogP contribution in [0.5, 0.6) is 0 Å². The van der Waals surface area contributed by atoms with Gasteiger partial charge >= 0.3 is 0 Å². The maximum Gasteiger partial charge on any atom is 0.0965 e. The van der Waals surface area contributed by atoms with Gasteiger partial charge in [-0.15, -0.1) is 0 Å². The Bertz CT molecular complexity index is 228. The molecule has 0 aromatic carbocycles. The standard InChI is InChI=1S/C15H31N3/c1-6-15(7-2)18(12-13(4)5)10-9-14(11-16)17-8-3/h13-15,17H,6-10,12H2,1-5H3. The van der Waals surface area contributed by atoms with Crippen molar-refractivity contribution in [3.63, 3.8) is 0 Å². The molecule has 0 rings (SSSR count). The van der Waals surface area contributed by atoms with Crippen molar-refractivity contribution in [2.24, 2.45) is 5.92 Å². The highest BCUT2D eigenvalue weighted by atomic mass is 15.2. The van der Waals surface area contributed by atoms with Crippen LogP contribution in [0.4, 0.5) is 0 Å². The molecule has 0 bridgehead atoms. The molecule has 1 atom stereocenters. The number of nitrogens with zero attached hydrogens (tertiary/aromatic N) is 2. The number of nitrogens with one attached hydrogen (secondary N) is 1. The van der Waals surface area contributed by atoms with E-state index in [2.05, 4.69) is 50.9 Å². The van der Waals surface area contributed by atoms with E-state index in [0.29, 0.717) is 12.0 Å². The molecule has 3 heteroatoms. The van der Waals surface area contributed by atoms with E-state index in [0.717, 1.165) is 26.1 Å². The molecule has 1 unspecified atom stereocenters. The van der Waals surface area contributed by atoms with Crippen molar-refractivity contribution in [3.8, 4) is 6.07 Å². The van der Waals surface area contributed by atoms with Crippen LogP contribution in [0.15, 0.2) is 0 Å². The van der Waals surface area contributed by atoms with Crippen LogP contribution in [0.2, 0.25) is 0 Å². The molecule has 0 radical (unpaired) electrons. The Morgan fingerprint density at radius 1 is 1.17 bits per heavy atom. The summed E-state index contributed by atoms with van der Waals surface area (Å²) in [4.78, 5) is 2.56. The molecule has 0 fully saturated rings. The lowest BCUT2D eigenvalue weighted by atomic mass is 10.1. The minimum Gasteiger partial charge on any atom is -0.302 e. The molecule has 106 valence electrons. The van der Waals surface area contributed by atoms with Crippen LogP contribution in [-0.4, -0.2) is 36.6 Å². The fourth-order valence-corrected chi connectivity index (χ4v) is 2.45. The molecule has 0 amide bonds. The highest BCUT2D eigenvalue weighted by Gasteiger charge is 2.17. The lowest BCUT2D eigenvalue weighted by Gasteiger charge is -2.32. The summed E-state index contributed by atoms with van der Waals surface area (Å²) in [7, 11) is 0. The normalized spacial score (nSPS) is 13.3. The van der Waals surface area contributed by atoms with E-state index in [9.17, 15) is 0 Å². The third-order valence-electron chi connectivity index (χ3n) is 3.37. The van der Waals surface area contributed by atoms with E-state index < -0.39 is 0 Å². The summed E-state index contributed by atoms with van der Waals surface area (Å²) < 4.78 is 0. The van der Waals surface area contributed by atoms with Gasteiger partial charge in [-0.3, -0.25) is 0 Å². The molecule has 3 nitrogen and oxygen atoms in total. The quantitative estimate of drug-likeness (QED) is 0.650. The van der Waals surface area contributed by atoms with Crippen LogP contribution >= 0.6 is 0 Å². The second-order valence-corrected chi connectivity index (χ2v) is 5.39. The summed E-state index contributed by atoms with van der Waals surface area (Å²) >= 11 is 0. The Morgan fingerprint density at radius 3 is 2.17 bits per heavy atom. The molecular formula is C15H31N3. The Balaban J connectivity index is 4.35. The van der Waals surface area contributed by atoms with Crippen molar-refractivity contribution >= 4 is 0 Å². The summed E-state index contributed by atoms with van der Waals surface area (Å²) in [6.07, 6.45) is 3.32. The van der Waals surface area contributed by atoms with Crippen molar-refractivity contribution in [1.29, 1.82) is 5.26 Å². The second kappa shape index (κ2) is 10.3. The van der Waals surface area contributed by atoms with Gasteiger partial charge in [-0.25, -0.2) is 0 Å². The zero-order valence-electron chi connectivity index (χ0n) is 12.9. The molecule has 18 heavy (non-hydrogen) atoms. The SMILES string of the molecule is CCNC(C#N)CCN(CC(C)C)C(CC)CC. The first-order valence-electron chi connectivity index (χ1n) is 7.45. The minimum atomic E-state index is -0.000903. The van der Waals surface area contributed by atoms with Gasteiger partial charge < -0.3 is 10.2 Å². The average Bonchev–Trinajstić information content (AvgIpc) is 2.34. The highest BCUT2D eigenvalue weighted by Crippen LogP contribution is 2.12. The Hall–Kier alpha value is -0.590. The van der Waals surface area contributed by atoms with Gasteiger partial charge in [-0.05, 0) is 31.7 Å². The molecule has 0 aromatic heterocycles. The molecule has 1 N–H and O–H groups in total.